The second kappa shape index (κ2) is 14.5. The minimum atomic E-state index is 0.686. The lowest BCUT2D eigenvalue weighted by Crippen LogP contribution is -1.97. The zero-order valence-corrected chi connectivity index (χ0v) is 34.7. The molecule has 0 fully saturated rings. The Hall–Kier alpha value is -8.53. The summed E-state index contributed by atoms with van der Waals surface area (Å²) in [6, 6.07) is 80.4. The Morgan fingerprint density at radius 3 is 1.27 bits per heavy atom. The molecule has 64 heavy (non-hydrogen) atoms. The van der Waals surface area contributed by atoms with Crippen LogP contribution in [0.15, 0.2) is 224 Å². The largest absolute Gasteiger partial charge is 0.247 e. The highest BCUT2D eigenvalue weighted by atomic mass is 14.9. The topological polar surface area (TPSA) is 38.7 Å². The first-order valence-electron chi connectivity index (χ1n) is 21.8. The fraction of sp³-hybridized carbons (Fsp3) is 0. The van der Waals surface area contributed by atoms with Crippen LogP contribution in [0.1, 0.15) is 0 Å². The molecule has 0 bridgehead atoms. The second-order valence-corrected chi connectivity index (χ2v) is 16.7. The van der Waals surface area contributed by atoms with Gasteiger partial charge in [-0.3, -0.25) is 0 Å². The molecule has 0 saturated heterocycles. The molecule has 0 saturated carbocycles. The van der Waals surface area contributed by atoms with E-state index in [4.69, 9.17) is 15.0 Å². The lowest BCUT2D eigenvalue weighted by Gasteiger charge is -2.15. The van der Waals surface area contributed by atoms with Crippen molar-refractivity contribution in [1.29, 1.82) is 0 Å². The highest BCUT2D eigenvalue weighted by Gasteiger charge is 2.18. The van der Waals surface area contributed by atoms with Gasteiger partial charge < -0.3 is 0 Å². The van der Waals surface area contributed by atoms with E-state index in [9.17, 15) is 0 Å². The molecule has 11 aromatic carbocycles. The Kier molecular flexibility index (Phi) is 8.22. The van der Waals surface area contributed by atoms with Crippen LogP contribution in [0.25, 0.3) is 132 Å². The summed E-state index contributed by atoms with van der Waals surface area (Å²) < 4.78 is 0. The average Bonchev–Trinajstić information content (AvgIpc) is 3.37. The van der Waals surface area contributed by atoms with Crippen molar-refractivity contribution in [2.24, 2.45) is 0 Å². The van der Waals surface area contributed by atoms with Gasteiger partial charge in [0, 0.05) is 38.4 Å². The summed E-state index contributed by atoms with van der Waals surface area (Å²) in [5.74, 6) is 0.686. The third-order valence-electron chi connectivity index (χ3n) is 13.0. The molecule has 3 nitrogen and oxygen atoms in total. The third-order valence-corrected chi connectivity index (χ3v) is 13.0. The van der Waals surface area contributed by atoms with Crippen molar-refractivity contribution in [3.8, 4) is 56.3 Å². The highest BCUT2D eigenvalue weighted by Crippen LogP contribution is 2.41. The molecule has 0 radical (unpaired) electrons. The molecule has 13 aromatic rings. The van der Waals surface area contributed by atoms with Crippen molar-refractivity contribution in [3.63, 3.8) is 0 Å². The normalized spacial score (nSPS) is 11.8. The fourth-order valence-electron chi connectivity index (χ4n) is 9.96. The van der Waals surface area contributed by atoms with Gasteiger partial charge in [0.05, 0.1) is 22.6 Å². The SMILES string of the molecule is c1ccc2c(c1)cc(-c1cc(-c3cc4ccccc4c4ccccc34)nc(-c3ccc(-c4ccc(-c5nc6ccccc6c6c5ccc5ccccc56)cc4)cc3)n1)c1ccccc12. The maximum atomic E-state index is 5.39. The van der Waals surface area contributed by atoms with Gasteiger partial charge in [0.2, 0.25) is 0 Å². The first-order valence-corrected chi connectivity index (χ1v) is 21.8. The third kappa shape index (κ3) is 5.86. The summed E-state index contributed by atoms with van der Waals surface area (Å²) in [5, 5.41) is 15.6. The van der Waals surface area contributed by atoms with Crippen molar-refractivity contribution in [3.05, 3.63) is 224 Å². The molecule has 0 aliphatic rings. The Morgan fingerprint density at radius 2 is 0.688 bits per heavy atom. The number of hydrogen-bond acceptors (Lipinski definition) is 3. The molecule has 0 amide bonds. The van der Waals surface area contributed by atoms with Crippen molar-refractivity contribution in [2.45, 2.75) is 0 Å². The zero-order chi connectivity index (χ0) is 42.1. The maximum Gasteiger partial charge on any atom is 0.160 e. The predicted molar refractivity (Wildman–Crippen MR) is 270 cm³/mol. The van der Waals surface area contributed by atoms with Crippen LogP contribution in [0, 0.1) is 0 Å². The summed E-state index contributed by atoms with van der Waals surface area (Å²) in [4.78, 5) is 16.0. The average molecular weight is 812 g/mol. The van der Waals surface area contributed by atoms with Crippen LogP contribution < -0.4 is 0 Å². The molecule has 2 heterocycles. The van der Waals surface area contributed by atoms with Gasteiger partial charge in [0.15, 0.2) is 5.82 Å². The molecule has 0 aliphatic carbocycles. The van der Waals surface area contributed by atoms with Gasteiger partial charge in [-0.2, -0.15) is 0 Å². The molecule has 296 valence electrons. The number of pyridine rings is 1. The van der Waals surface area contributed by atoms with E-state index in [0.29, 0.717) is 5.82 Å². The summed E-state index contributed by atoms with van der Waals surface area (Å²) in [7, 11) is 0. The number of hydrogen-bond donors (Lipinski definition) is 0. The van der Waals surface area contributed by atoms with Crippen LogP contribution in [-0.4, -0.2) is 15.0 Å². The van der Waals surface area contributed by atoms with Gasteiger partial charge in [-0.05, 0) is 89.3 Å². The van der Waals surface area contributed by atoms with E-state index in [1.165, 1.54) is 64.6 Å². The van der Waals surface area contributed by atoms with E-state index in [1.54, 1.807) is 0 Å². The van der Waals surface area contributed by atoms with Crippen LogP contribution in [0.4, 0.5) is 0 Å². The summed E-state index contributed by atoms with van der Waals surface area (Å²) in [6.07, 6.45) is 0. The molecule has 0 atom stereocenters. The number of nitrogens with zero attached hydrogens (tertiary/aromatic N) is 3. The number of fused-ring (bicyclic) bond motifs is 11. The number of benzene rings is 11. The summed E-state index contributed by atoms with van der Waals surface area (Å²) in [6.45, 7) is 0. The van der Waals surface area contributed by atoms with Gasteiger partial charge in [0.25, 0.3) is 0 Å². The maximum absolute atomic E-state index is 5.39. The van der Waals surface area contributed by atoms with E-state index < -0.39 is 0 Å². The van der Waals surface area contributed by atoms with Crippen molar-refractivity contribution >= 4 is 75.5 Å². The molecule has 13 rings (SSSR count). The van der Waals surface area contributed by atoms with E-state index in [-0.39, 0.29) is 0 Å². The number of para-hydroxylation sites is 1. The van der Waals surface area contributed by atoms with Gasteiger partial charge in [-0.15, -0.1) is 0 Å². The zero-order valence-electron chi connectivity index (χ0n) is 34.7. The van der Waals surface area contributed by atoms with E-state index in [0.717, 1.165) is 61.4 Å². The number of rotatable bonds is 5. The number of aromatic nitrogens is 3. The van der Waals surface area contributed by atoms with Crippen LogP contribution in [0.2, 0.25) is 0 Å². The predicted octanol–water partition coefficient (Wildman–Crippen LogP) is 16.3. The van der Waals surface area contributed by atoms with Crippen molar-refractivity contribution < 1.29 is 0 Å². The van der Waals surface area contributed by atoms with Crippen LogP contribution in [0.5, 0.6) is 0 Å². The molecule has 3 heteroatoms. The standard InChI is InChI=1S/C61H37N3/c1-6-18-47-40(13-1)33-34-53-59(47)52-23-11-12-24-56(52)62-60(53)41-29-25-38(26-30-41)39-27-31-42(32-28-39)61-63-57(54-35-43-14-2-4-16-45(43)48-19-7-9-21-50(48)54)37-58(64-61)55-36-44-15-3-5-17-46(44)49-20-8-10-22-51(49)55/h1-37H. The lowest BCUT2D eigenvalue weighted by molar-refractivity contribution is 1.19. The van der Waals surface area contributed by atoms with Crippen molar-refractivity contribution in [1.82, 2.24) is 15.0 Å². The molecular formula is C61H37N3. The second-order valence-electron chi connectivity index (χ2n) is 16.7. The monoisotopic (exact) mass is 811 g/mol. The molecule has 0 N–H and O–H groups in total. The fourth-order valence-corrected chi connectivity index (χ4v) is 9.96. The quantitative estimate of drug-likeness (QED) is 0.163. The Bertz CT molecular complexity index is 3850. The molecule has 2 aromatic heterocycles. The van der Waals surface area contributed by atoms with Crippen molar-refractivity contribution in [2.75, 3.05) is 0 Å². The smallest absolute Gasteiger partial charge is 0.160 e. The summed E-state index contributed by atoms with van der Waals surface area (Å²) in [5.41, 5.74) is 10.2. The van der Waals surface area contributed by atoms with Gasteiger partial charge in [0.1, 0.15) is 0 Å². The van der Waals surface area contributed by atoms with Gasteiger partial charge in [-0.1, -0.05) is 200 Å². The molecular weight excluding hydrogens is 775 g/mol. The summed E-state index contributed by atoms with van der Waals surface area (Å²) >= 11 is 0. The van der Waals surface area contributed by atoms with Crippen LogP contribution in [0.3, 0.4) is 0 Å². The minimum Gasteiger partial charge on any atom is -0.247 e. The van der Waals surface area contributed by atoms with E-state index in [1.807, 2.05) is 0 Å². The van der Waals surface area contributed by atoms with Crippen LogP contribution >= 0.6 is 0 Å². The Morgan fingerprint density at radius 1 is 0.250 bits per heavy atom. The first kappa shape index (κ1) is 36.2. The van der Waals surface area contributed by atoms with Gasteiger partial charge in [-0.25, -0.2) is 15.0 Å². The molecule has 0 aliphatic heterocycles. The minimum absolute atomic E-state index is 0.686. The first-order chi connectivity index (χ1) is 31.7. The molecule has 0 spiro atoms. The van der Waals surface area contributed by atoms with Gasteiger partial charge >= 0.3 is 0 Å². The molecule has 0 unspecified atom stereocenters. The highest BCUT2D eigenvalue weighted by molar-refractivity contribution is 6.22. The Labute approximate surface area is 369 Å². The van der Waals surface area contributed by atoms with E-state index >= 15 is 0 Å². The lowest BCUT2D eigenvalue weighted by atomic mass is 9.93. The Balaban J connectivity index is 0.936. The van der Waals surface area contributed by atoms with Crippen LogP contribution in [-0.2, 0) is 0 Å². The van der Waals surface area contributed by atoms with E-state index in [2.05, 4.69) is 224 Å².